The molecule has 3 aliphatic rings. The van der Waals surface area contributed by atoms with Crippen molar-refractivity contribution in [1.82, 2.24) is 34.9 Å². The third kappa shape index (κ3) is 5.11. The molecule has 12 heteroatoms. The first kappa shape index (κ1) is 28.1. The van der Waals surface area contributed by atoms with Crippen molar-refractivity contribution in [3.8, 4) is 22.8 Å². The molecule has 0 aliphatic carbocycles. The van der Waals surface area contributed by atoms with Crippen molar-refractivity contribution in [2.75, 3.05) is 45.0 Å². The van der Waals surface area contributed by atoms with Gasteiger partial charge in [0.25, 0.3) is 0 Å². The standard InChI is InChI=1S/C31H35F3N8O/c32-31(33,34)30(12-16-40(17-13-30)23-18-36-19-23)41-14-10-22(11-15-41)42-29-26(28(35)37-20-38-29)27(39-42)21-6-8-25(9-7-21)43-24-4-2-1-3-5-24/h1-9,20,22-23,36H,10-19H2,(H2,35,37,38). The van der Waals surface area contributed by atoms with Gasteiger partial charge in [0.05, 0.1) is 11.4 Å². The Labute approximate surface area is 247 Å². The summed E-state index contributed by atoms with van der Waals surface area (Å²) in [7, 11) is 0. The van der Waals surface area contributed by atoms with Gasteiger partial charge in [0, 0.05) is 50.9 Å². The number of benzene rings is 2. The Morgan fingerprint density at radius 1 is 0.860 bits per heavy atom. The van der Waals surface area contributed by atoms with Crippen LogP contribution in [-0.2, 0) is 0 Å². The van der Waals surface area contributed by atoms with Gasteiger partial charge in [0.15, 0.2) is 5.65 Å². The van der Waals surface area contributed by atoms with Gasteiger partial charge in [0.1, 0.15) is 34.9 Å². The van der Waals surface area contributed by atoms with E-state index in [1.54, 1.807) is 4.90 Å². The second-order valence-electron chi connectivity index (χ2n) is 11.8. The lowest BCUT2D eigenvalue weighted by Gasteiger charge is -2.53. The normalized spacial score (nSPS) is 20.7. The highest BCUT2D eigenvalue weighted by Gasteiger charge is 2.59. The van der Waals surface area contributed by atoms with Crippen LogP contribution in [0.3, 0.4) is 0 Å². The Kier molecular flexibility index (Phi) is 7.22. The van der Waals surface area contributed by atoms with E-state index in [4.69, 9.17) is 15.6 Å². The van der Waals surface area contributed by atoms with Crippen LogP contribution in [0.15, 0.2) is 60.9 Å². The molecular formula is C31H35F3N8O. The maximum absolute atomic E-state index is 14.7. The van der Waals surface area contributed by atoms with Gasteiger partial charge in [-0.1, -0.05) is 18.2 Å². The maximum atomic E-state index is 14.7. The number of ether oxygens (including phenoxy) is 1. The smallest absolute Gasteiger partial charge is 0.406 e. The van der Waals surface area contributed by atoms with E-state index in [0.29, 0.717) is 73.4 Å². The van der Waals surface area contributed by atoms with Crippen LogP contribution in [0.1, 0.15) is 31.7 Å². The second kappa shape index (κ2) is 11.1. The molecule has 2 aromatic carbocycles. The molecule has 3 aliphatic heterocycles. The van der Waals surface area contributed by atoms with Gasteiger partial charge in [-0.25, -0.2) is 14.6 Å². The van der Waals surface area contributed by atoms with Crippen LogP contribution in [-0.4, -0.2) is 86.6 Å². The number of aromatic nitrogens is 4. The van der Waals surface area contributed by atoms with Crippen LogP contribution in [0.5, 0.6) is 11.5 Å². The first-order valence-corrected chi connectivity index (χ1v) is 14.9. The zero-order valence-corrected chi connectivity index (χ0v) is 23.8. The quantitative estimate of drug-likeness (QED) is 0.327. The molecule has 2 aromatic heterocycles. The lowest BCUT2D eigenvalue weighted by Crippen LogP contribution is -2.67. The van der Waals surface area contributed by atoms with E-state index < -0.39 is 11.7 Å². The van der Waals surface area contributed by atoms with Crippen molar-refractivity contribution >= 4 is 16.9 Å². The van der Waals surface area contributed by atoms with E-state index in [1.165, 1.54) is 6.33 Å². The molecule has 0 unspecified atom stereocenters. The average molecular weight is 593 g/mol. The number of likely N-dealkylation sites (tertiary alicyclic amines) is 2. The van der Waals surface area contributed by atoms with Gasteiger partial charge in [-0.3, -0.25) is 9.80 Å². The van der Waals surface area contributed by atoms with Gasteiger partial charge < -0.3 is 15.8 Å². The molecule has 3 N–H and O–H groups in total. The van der Waals surface area contributed by atoms with Gasteiger partial charge in [0.2, 0.25) is 0 Å². The molecule has 9 nitrogen and oxygen atoms in total. The number of nitrogen functional groups attached to an aromatic ring is 1. The number of piperidine rings is 2. The SMILES string of the molecule is Nc1ncnc2c1c(-c1ccc(Oc3ccccc3)cc1)nn2C1CCN(C2(C(F)(F)F)CCN(C3CNC3)CC2)CC1. The van der Waals surface area contributed by atoms with Gasteiger partial charge in [-0.05, 0) is 62.1 Å². The maximum Gasteiger partial charge on any atom is 0.406 e. The monoisotopic (exact) mass is 592 g/mol. The average Bonchev–Trinajstić information content (AvgIpc) is 3.38. The Morgan fingerprint density at radius 2 is 1.53 bits per heavy atom. The molecule has 226 valence electrons. The third-order valence-electron chi connectivity index (χ3n) is 9.47. The molecule has 0 bridgehead atoms. The molecule has 7 rings (SSSR count). The Morgan fingerprint density at radius 3 is 2.16 bits per heavy atom. The molecule has 3 fully saturated rings. The summed E-state index contributed by atoms with van der Waals surface area (Å²) in [5.41, 5.74) is 6.62. The van der Waals surface area contributed by atoms with Crippen molar-refractivity contribution in [2.24, 2.45) is 0 Å². The van der Waals surface area contributed by atoms with Gasteiger partial charge >= 0.3 is 6.18 Å². The minimum absolute atomic E-state index is 0.103. The van der Waals surface area contributed by atoms with E-state index in [0.717, 1.165) is 24.4 Å². The largest absolute Gasteiger partial charge is 0.457 e. The minimum atomic E-state index is -4.28. The van der Waals surface area contributed by atoms with Crippen LogP contribution >= 0.6 is 0 Å². The summed E-state index contributed by atoms with van der Waals surface area (Å²) < 4.78 is 51.9. The lowest BCUT2D eigenvalue weighted by atomic mass is 9.82. The zero-order chi connectivity index (χ0) is 29.6. The van der Waals surface area contributed by atoms with Crippen molar-refractivity contribution < 1.29 is 17.9 Å². The third-order valence-corrected chi connectivity index (χ3v) is 9.47. The van der Waals surface area contributed by atoms with Gasteiger partial charge in [-0.2, -0.15) is 18.3 Å². The van der Waals surface area contributed by atoms with Gasteiger partial charge in [-0.15, -0.1) is 0 Å². The van der Waals surface area contributed by atoms with Crippen LogP contribution in [0, 0.1) is 0 Å². The molecule has 0 radical (unpaired) electrons. The predicted octanol–water partition coefficient (Wildman–Crippen LogP) is 4.87. The molecule has 0 atom stereocenters. The number of nitrogens with two attached hydrogens (primary N) is 1. The summed E-state index contributed by atoms with van der Waals surface area (Å²) in [6.07, 6.45) is -1.57. The number of nitrogens with zero attached hydrogens (tertiary/aromatic N) is 6. The zero-order valence-electron chi connectivity index (χ0n) is 23.8. The van der Waals surface area contributed by atoms with E-state index in [1.807, 2.05) is 59.3 Å². The minimum Gasteiger partial charge on any atom is -0.457 e. The summed E-state index contributed by atoms with van der Waals surface area (Å²) >= 11 is 0. The highest BCUT2D eigenvalue weighted by molar-refractivity contribution is 5.98. The molecule has 3 saturated heterocycles. The van der Waals surface area contributed by atoms with E-state index in [9.17, 15) is 13.2 Å². The Balaban J connectivity index is 1.11. The highest BCUT2D eigenvalue weighted by atomic mass is 19.4. The van der Waals surface area contributed by atoms with Crippen LogP contribution < -0.4 is 15.8 Å². The Hall–Kier alpha value is -3.74. The number of hydrogen-bond acceptors (Lipinski definition) is 8. The van der Waals surface area contributed by atoms with Crippen LogP contribution in [0.4, 0.5) is 19.0 Å². The molecular weight excluding hydrogens is 557 g/mol. The van der Waals surface area contributed by atoms with Crippen LogP contribution in [0.2, 0.25) is 0 Å². The number of anilines is 1. The number of rotatable bonds is 6. The van der Waals surface area contributed by atoms with E-state index >= 15 is 0 Å². The summed E-state index contributed by atoms with van der Waals surface area (Å²) in [6.45, 7) is 3.37. The predicted molar refractivity (Wildman–Crippen MR) is 158 cm³/mol. The van der Waals surface area contributed by atoms with Crippen LogP contribution in [0.25, 0.3) is 22.3 Å². The van der Waals surface area contributed by atoms with Crippen molar-refractivity contribution in [3.63, 3.8) is 0 Å². The summed E-state index contributed by atoms with van der Waals surface area (Å²) in [5, 5.41) is 8.82. The summed E-state index contributed by atoms with van der Waals surface area (Å²) in [4.78, 5) is 12.6. The summed E-state index contributed by atoms with van der Waals surface area (Å²) in [6, 6.07) is 17.4. The Bertz CT molecular complexity index is 1560. The number of alkyl halides is 3. The molecule has 0 spiro atoms. The number of para-hydroxylation sites is 1. The number of fused-ring (bicyclic) bond motifs is 1. The van der Waals surface area contributed by atoms with E-state index in [-0.39, 0.29) is 18.9 Å². The first-order chi connectivity index (χ1) is 20.8. The first-order valence-electron chi connectivity index (χ1n) is 14.9. The number of hydrogen-bond donors (Lipinski definition) is 2. The molecule has 4 aromatic rings. The topological polar surface area (TPSA) is 97.4 Å². The molecule has 43 heavy (non-hydrogen) atoms. The summed E-state index contributed by atoms with van der Waals surface area (Å²) in [5.74, 6) is 1.74. The highest BCUT2D eigenvalue weighted by Crippen LogP contribution is 2.46. The molecule has 0 amide bonds. The van der Waals surface area contributed by atoms with E-state index in [2.05, 4.69) is 20.2 Å². The fourth-order valence-corrected chi connectivity index (χ4v) is 6.87. The molecule has 5 heterocycles. The number of nitrogens with one attached hydrogen (secondary N) is 1. The lowest BCUT2D eigenvalue weighted by molar-refractivity contribution is -0.250. The van der Waals surface area contributed by atoms with Crippen molar-refractivity contribution in [3.05, 3.63) is 60.9 Å². The second-order valence-corrected chi connectivity index (χ2v) is 11.8. The van der Waals surface area contributed by atoms with Crippen molar-refractivity contribution in [2.45, 2.75) is 49.5 Å². The molecule has 0 saturated carbocycles. The number of halogens is 3. The fraction of sp³-hybridized carbons (Fsp3) is 0.452. The fourth-order valence-electron chi connectivity index (χ4n) is 6.87. The van der Waals surface area contributed by atoms with Crippen molar-refractivity contribution in [1.29, 1.82) is 0 Å².